The van der Waals surface area contributed by atoms with Gasteiger partial charge in [0.25, 0.3) is 0 Å². The second-order valence-corrected chi connectivity index (χ2v) is 2.39. The van der Waals surface area contributed by atoms with Crippen LogP contribution in [0.3, 0.4) is 0 Å². The molecule has 0 amide bonds. The summed E-state index contributed by atoms with van der Waals surface area (Å²) in [6.45, 7) is 0.264. The third-order valence-electron chi connectivity index (χ3n) is 1.42. The van der Waals surface area contributed by atoms with Gasteiger partial charge < -0.3 is 15.6 Å². The molecule has 0 saturated carbocycles. The molecule has 0 aliphatic rings. The van der Waals surface area contributed by atoms with E-state index in [9.17, 15) is 0 Å². The van der Waals surface area contributed by atoms with Crippen LogP contribution < -0.4 is 10.8 Å². The fourth-order valence-corrected chi connectivity index (χ4v) is 0.816. The average Bonchev–Trinajstić information content (AvgIpc) is 2.16. The molecule has 1 unspecified atom stereocenters. The van der Waals surface area contributed by atoms with Gasteiger partial charge >= 0.3 is 0 Å². The van der Waals surface area contributed by atoms with E-state index in [0.717, 1.165) is 5.69 Å². The Morgan fingerprint density at radius 2 is 1.92 bits per heavy atom. The number of hydrogen-bond donors (Lipinski definition) is 4. The van der Waals surface area contributed by atoms with E-state index in [1.54, 1.807) is 5.48 Å². The monoisotopic (exact) mass is 168 g/mol. The minimum atomic E-state index is -0.940. The van der Waals surface area contributed by atoms with Gasteiger partial charge in [-0.1, -0.05) is 18.2 Å². The topological polar surface area (TPSA) is 64.5 Å². The van der Waals surface area contributed by atoms with Crippen LogP contribution in [0.5, 0.6) is 0 Å². The summed E-state index contributed by atoms with van der Waals surface area (Å²) >= 11 is 0. The fraction of sp³-hybridized carbons (Fsp3) is 0.250. The molecule has 4 nitrogen and oxygen atoms in total. The minimum Gasteiger partial charge on any atom is -0.381 e. The number of rotatable bonds is 4. The van der Waals surface area contributed by atoms with E-state index >= 15 is 0 Å². The van der Waals surface area contributed by atoms with E-state index in [-0.39, 0.29) is 6.54 Å². The first-order valence-corrected chi connectivity index (χ1v) is 3.69. The number of hydroxylamine groups is 1. The summed E-state index contributed by atoms with van der Waals surface area (Å²) in [6, 6.07) is 9.45. The zero-order chi connectivity index (χ0) is 8.81. The van der Waals surface area contributed by atoms with Gasteiger partial charge in [0.05, 0.1) is 6.54 Å². The predicted molar refractivity (Wildman–Crippen MR) is 45.9 cm³/mol. The molecule has 1 aromatic rings. The van der Waals surface area contributed by atoms with Gasteiger partial charge in [-0.25, -0.2) is 0 Å². The molecule has 0 aliphatic carbocycles. The maximum Gasteiger partial charge on any atom is 0.143 e. The second-order valence-electron chi connectivity index (χ2n) is 2.39. The molecule has 0 saturated heterocycles. The molecule has 1 atom stereocenters. The Morgan fingerprint density at radius 1 is 1.25 bits per heavy atom. The van der Waals surface area contributed by atoms with Gasteiger partial charge in [-0.15, -0.1) is 0 Å². The van der Waals surface area contributed by atoms with Gasteiger partial charge in [0.1, 0.15) is 6.23 Å². The third kappa shape index (κ3) is 2.87. The van der Waals surface area contributed by atoms with Crippen molar-refractivity contribution in [3.8, 4) is 0 Å². The molecule has 0 bridgehead atoms. The molecule has 1 rings (SSSR count). The maximum atomic E-state index is 8.90. The van der Waals surface area contributed by atoms with Crippen molar-refractivity contribution in [1.29, 1.82) is 0 Å². The van der Waals surface area contributed by atoms with Crippen LogP contribution in [0.1, 0.15) is 0 Å². The molecule has 0 aliphatic heterocycles. The van der Waals surface area contributed by atoms with Crippen molar-refractivity contribution in [2.24, 2.45) is 0 Å². The Balaban J connectivity index is 2.33. The van der Waals surface area contributed by atoms with Gasteiger partial charge in [0.15, 0.2) is 0 Å². The highest BCUT2D eigenvalue weighted by Crippen LogP contribution is 2.03. The van der Waals surface area contributed by atoms with Crippen LogP contribution in [-0.2, 0) is 0 Å². The van der Waals surface area contributed by atoms with Gasteiger partial charge in [-0.2, -0.15) is 5.48 Å². The number of benzene rings is 1. The zero-order valence-electron chi connectivity index (χ0n) is 6.57. The van der Waals surface area contributed by atoms with E-state index in [1.165, 1.54) is 0 Å². The third-order valence-corrected chi connectivity index (χ3v) is 1.42. The summed E-state index contributed by atoms with van der Waals surface area (Å²) in [6.07, 6.45) is -0.940. The van der Waals surface area contributed by atoms with E-state index in [0.29, 0.717) is 0 Å². The first-order chi connectivity index (χ1) is 5.83. The molecule has 0 heterocycles. The molecule has 0 aromatic heterocycles. The first kappa shape index (κ1) is 8.99. The lowest BCUT2D eigenvalue weighted by Gasteiger charge is -2.09. The van der Waals surface area contributed by atoms with Crippen molar-refractivity contribution >= 4 is 5.69 Å². The Hall–Kier alpha value is -1.10. The van der Waals surface area contributed by atoms with E-state index in [1.807, 2.05) is 30.3 Å². The molecule has 12 heavy (non-hydrogen) atoms. The summed E-state index contributed by atoms with van der Waals surface area (Å²) in [7, 11) is 0. The molecule has 4 heteroatoms. The molecule has 66 valence electrons. The van der Waals surface area contributed by atoms with Gasteiger partial charge in [-0.05, 0) is 12.1 Å². The molecule has 0 spiro atoms. The van der Waals surface area contributed by atoms with Crippen LogP contribution >= 0.6 is 0 Å². The smallest absolute Gasteiger partial charge is 0.143 e. The highest BCUT2D eigenvalue weighted by atomic mass is 16.5. The van der Waals surface area contributed by atoms with Gasteiger partial charge in [-0.3, -0.25) is 0 Å². The Morgan fingerprint density at radius 3 is 2.50 bits per heavy atom. The summed E-state index contributed by atoms with van der Waals surface area (Å²) in [5.74, 6) is 0. The zero-order valence-corrected chi connectivity index (χ0v) is 6.57. The molecular formula is C8H12N2O2. The average molecular weight is 168 g/mol. The number of aliphatic hydroxyl groups is 1. The molecule has 1 aromatic carbocycles. The van der Waals surface area contributed by atoms with Crippen LogP contribution in [0, 0.1) is 0 Å². The molecule has 0 fully saturated rings. The van der Waals surface area contributed by atoms with Crippen LogP contribution in [0.4, 0.5) is 5.69 Å². The van der Waals surface area contributed by atoms with Crippen molar-refractivity contribution in [2.45, 2.75) is 6.23 Å². The number of para-hydroxylation sites is 1. The van der Waals surface area contributed by atoms with Crippen LogP contribution in [-0.4, -0.2) is 23.1 Å². The second kappa shape index (κ2) is 4.71. The Labute approximate surface area is 70.8 Å². The SMILES string of the molecule is ONC(O)CNc1ccccc1. The van der Waals surface area contributed by atoms with Gasteiger partial charge in [0, 0.05) is 5.69 Å². The van der Waals surface area contributed by atoms with Crippen molar-refractivity contribution in [1.82, 2.24) is 5.48 Å². The highest BCUT2D eigenvalue weighted by Gasteiger charge is 1.98. The summed E-state index contributed by atoms with van der Waals surface area (Å²) in [5, 5.41) is 20.1. The molecule has 4 N–H and O–H groups in total. The molecular weight excluding hydrogens is 156 g/mol. The van der Waals surface area contributed by atoms with Crippen molar-refractivity contribution in [3.05, 3.63) is 30.3 Å². The van der Waals surface area contributed by atoms with Crippen LogP contribution in [0.2, 0.25) is 0 Å². The quantitative estimate of drug-likeness (QED) is 0.388. The van der Waals surface area contributed by atoms with E-state index < -0.39 is 6.23 Å². The van der Waals surface area contributed by atoms with Crippen LogP contribution in [0.25, 0.3) is 0 Å². The Bertz CT molecular complexity index is 216. The number of aliphatic hydroxyl groups excluding tert-OH is 1. The Kier molecular flexibility index (Phi) is 3.53. The first-order valence-electron chi connectivity index (χ1n) is 3.69. The van der Waals surface area contributed by atoms with E-state index in [4.69, 9.17) is 10.3 Å². The lowest BCUT2D eigenvalue weighted by atomic mass is 10.3. The number of nitrogens with one attached hydrogen (secondary N) is 2. The fourth-order valence-electron chi connectivity index (χ4n) is 0.816. The maximum absolute atomic E-state index is 8.90. The lowest BCUT2D eigenvalue weighted by Crippen LogP contribution is -2.32. The van der Waals surface area contributed by atoms with Crippen LogP contribution in [0.15, 0.2) is 30.3 Å². The van der Waals surface area contributed by atoms with Crippen molar-refractivity contribution in [3.63, 3.8) is 0 Å². The normalized spacial score (nSPS) is 12.5. The summed E-state index contributed by atoms with van der Waals surface area (Å²) in [4.78, 5) is 0. The van der Waals surface area contributed by atoms with E-state index in [2.05, 4.69) is 5.32 Å². The number of anilines is 1. The van der Waals surface area contributed by atoms with Crippen molar-refractivity contribution < 1.29 is 10.3 Å². The highest BCUT2D eigenvalue weighted by molar-refractivity contribution is 5.42. The standard InChI is InChI=1S/C8H12N2O2/c11-8(10-12)6-9-7-4-2-1-3-5-7/h1-5,8-12H,6H2. The predicted octanol–water partition coefficient (Wildman–Crippen LogP) is 0.396. The summed E-state index contributed by atoms with van der Waals surface area (Å²) < 4.78 is 0. The minimum absolute atomic E-state index is 0.264. The van der Waals surface area contributed by atoms with Gasteiger partial charge in [0.2, 0.25) is 0 Å². The lowest BCUT2D eigenvalue weighted by molar-refractivity contribution is 0.0106. The van der Waals surface area contributed by atoms with Crippen molar-refractivity contribution in [2.75, 3.05) is 11.9 Å². The molecule has 0 radical (unpaired) electrons. The summed E-state index contributed by atoms with van der Waals surface area (Å²) in [5.41, 5.74) is 2.64. The number of hydrogen-bond acceptors (Lipinski definition) is 4. The largest absolute Gasteiger partial charge is 0.381 e.